The topological polar surface area (TPSA) is 0 Å². The smallest absolute Gasteiger partial charge is 0.0794 e. The number of hydrogen-bond acceptors (Lipinski definition) is 1. The van der Waals surface area contributed by atoms with Gasteiger partial charge in [-0.2, -0.15) is 0 Å². The minimum Gasteiger partial charge on any atom is -0.145 e. The van der Waals surface area contributed by atoms with Gasteiger partial charge in [0.1, 0.15) is 0 Å². The van der Waals surface area contributed by atoms with E-state index in [1.807, 2.05) is 11.3 Å². The predicted molar refractivity (Wildman–Crippen MR) is 79.7 cm³/mol. The molecule has 0 saturated heterocycles. The average molecular weight is 255 g/mol. The molecule has 0 saturated carbocycles. The summed E-state index contributed by atoms with van der Waals surface area (Å²) in [7, 11) is -2.20. The van der Waals surface area contributed by atoms with E-state index >= 15 is 0 Å². The number of hydrogen-bond donors (Lipinski definition) is 0. The van der Waals surface area contributed by atoms with Crippen LogP contribution in [0, 0.1) is 0 Å². The second-order valence-corrected chi connectivity index (χ2v) is 17.2. The largest absolute Gasteiger partial charge is 0.145 e. The Labute approximate surface area is 100 Å². The van der Waals surface area contributed by atoms with Crippen LogP contribution in [0.15, 0.2) is 17.1 Å². The minimum absolute atomic E-state index is 1.05. The summed E-state index contributed by atoms with van der Waals surface area (Å²) in [4.78, 5) is 1.50. The maximum absolute atomic E-state index is 2.45. The van der Waals surface area contributed by atoms with Crippen LogP contribution in [0.2, 0.25) is 39.3 Å². The first-order valence-corrected chi connectivity index (χ1v) is 13.4. The highest BCUT2D eigenvalue weighted by molar-refractivity contribution is 7.13. The molecule has 0 bridgehead atoms. The molecular formula is C12H22SSi2. The third-order valence-electron chi connectivity index (χ3n) is 2.24. The summed E-state index contributed by atoms with van der Waals surface area (Å²) in [5.41, 5.74) is 2.45. The van der Waals surface area contributed by atoms with Gasteiger partial charge in [-0.05, 0) is 10.6 Å². The molecule has 0 radical (unpaired) electrons. The van der Waals surface area contributed by atoms with Gasteiger partial charge in [-0.3, -0.25) is 0 Å². The summed E-state index contributed by atoms with van der Waals surface area (Å²) < 4.78 is 0. The van der Waals surface area contributed by atoms with Crippen molar-refractivity contribution in [2.75, 3.05) is 0 Å². The van der Waals surface area contributed by atoms with Crippen molar-refractivity contribution in [2.24, 2.45) is 0 Å². The summed E-state index contributed by atoms with van der Waals surface area (Å²) in [6, 6.07) is 2.32. The Morgan fingerprint density at radius 3 is 2.13 bits per heavy atom. The van der Waals surface area contributed by atoms with Gasteiger partial charge in [0.25, 0.3) is 0 Å². The van der Waals surface area contributed by atoms with Crippen molar-refractivity contribution in [3.63, 3.8) is 0 Å². The molecule has 0 fully saturated rings. The predicted octanol–water partition coefficient (Wildman–Crippen LogP) is 4.18. The highest BCUT2D eigenvalue weighted by Gasteiger charge is 2.20. The van der Waals surface area contributed by atoms with Crippen LogP contribution in [-0.4, -0.2) is 16.1 Å². The van der Waals surface area contributed by atoms with Gasteiger partial charge >= 0.3 is 0 Å². The fourth-order valence-electron chi connectivity index (χ4n) is 1.40. The van der Waals surface area contributed by atoms with Gasteiger partial charge in [-0.1, -0.05) is 57.1 Å². The molecule has 0 aliphatic carbocycles. The molecule has 0 spiro atoms. The Bertz CT molecular complexity index is 350. The van der Waals surface area contributed by atoms with E-state index in [1.54, 1.807) is 5.19 Å². The van der Waals surface area contributed by atoms with Gasteiger partial charge in [-0.25, -0.2) is 0 Å². The van der Waals surface area contributed by atoms with Crippen molar-refractivity contribution in [1.82, 2.24) is 0 Å². The Morgan fingerprint density at radius 2 is 1.67 bits per heavy atom. The Balaban J connectivity index is 2.98. The molecular weight excluding hydrogens is 232 g/mol. The molecule has 0 unspecified atom stereocenters. The van der Waals surface area contributed by atoms with E-state index in [0.717, 1.165) is 0 Å². The molecule has 0 N–H and O–H groups in total. The van der Waals surface area contributed by atoms with E-state index in [4.69, 9.17) is 0 Å². The Kier molecular flexibility index (Phi) is 3.79. The van der Waals surface area contributed by atoms with E-state index in [1.165, 1.54) is 4.88 Å². The first-order valence-electron chi connectivity index (χ1n) is 5.47. The molecule has 0 aromatic carbocycles. The SMILES string of the molecule is C[Si](C)(C)C=Cc1sccc1[Si](C)(C)C. The molecule has 0 amide bonds. The Hall–Kier alpha value is -0.126. The van der Waals surface area contributed by atoms with Crippen molar-refractivity contribution in [3.8, 4) is 0 Å². The molecule has 1 heterocycles. The maximum atomic E-state index is 2.45. The lowest BCUT2D eigenvalue weighted by atomic mass is 10.5. The van der Waals surface area contributed by atoms with Crippen LogP contribution in [0.1, 0.15) is 4.88 Å². The maximum Gasteiger partial charge on any atom is 0.0794 e. The molecule has 15 heavy (non-hydrogen) atoms. The van der Waals surface area contributed by atoms with Crippen LogP contribution in [0.4, 0.5) is 0 Å². The van der Waals surface area contributed by atoms with Gasteiger partial charge in [0.05, 0.1) is 16.1 Å². The molecule has 0 aliphatic heterocycles. The second kappa shape index (κ2) is 4.39. The number of thiophene rings is 1. The zero-order valence-electron chi connectivity index (χ0n) is 10.7. The zero-order valence-corrected chi connectivity index (χ0v) is 13.5. The fraction of sp³-hybridized carbons (Fsp3) is 0.500. The van der Waals surface area contributed by atoms with Gasteiger partial charge in [0.15, 0.2) is 0 Å². The van der Waals surface area contributed by atoms with Crippen LogP contribution in [0.25, 0.3) is 6.08 Å². The first-order chi connectivity index (χ1) is 6.70. The van der Waals surface area contributed by atoms with Gasteiger partial charge in [0, 0.05) is 4.88 Å². The molecule has 84 valence electrons. The molecule has 0 atom stereocenters. The summed E-state index contributed by atoms with van der Waals surface area (Å²) >= 11 is 1.89. The van der Waals surface area contributed by atoms with Crippen LogP contribution >= 0.6 is 11.3 Å². The summed E-state index contributed by atoms with van der Waals surface area (Å²) in [5.74, 6) is 0. The molecule has 1 aromatic heterocycles. The lowest BCUT2D eigenvalue weighted by Crippen LogP contribution is -2.37. The lowest BCUT2D eigenvalue weighted by Gasteiger charge is -2.16. The fourth-order valence-corrected chi connectivity index (χ4v) is 5.50. The molecule has 0 aliphatic rings. The monoisotopic (exact) mass is 254 g/mol. The summed E-state index contributed by atoms with van der Waals surface area (Å²) in [5, 5.41) is 3.85. The van der Waals surface area contributed by atoms with Crippen LogP contribution in [0.5, 0.6) is 0 Å². The zero-order chi connectivity index (χ0) is 11.7. The molecule has 0 nitrogen and oxygen atoms in total. The van der Waals surface area contributed by atoms with Crippen molar-refractivity contribution >= 4 is 38.7 Å². The molecule has 1 aromatic rings. The first kappa shape index (κ1) is 12.9. The highest BCUT2D eigenvalue weighted by Crippen LogP contribution is 2.16. The van der Waals surface area contributed by atoms with Crippen molar-refractivity contribution < 1.29 is 0 Å². The van der Waals surface area contributed by atoms with E-state index in [9.17, 15) is 0 Å². The lowest BCUT2D eigenvalue weighted by molar-refractivity contribution is 1.74. The van der Waals surface area contributed by atoms with Crippen LogP contribution < -0.4 is 5.19 Å². The highest BCUT2D eigenvalue weighted by atomic mass is 32.1. The normalized spacial score (nSPS) is 13.7. The average Bonchev–Trinajstić information content (AvgIpc) is 2.45. The van der Waals surface area contributed by atoms with E-state index in [0.29, 0.717) is 0 Å². The van der Waals surface area contributed by atoms with Gasteiger partial charge in [-0.15, -0.1) is 11.3 Å². The van der Waals surface area contributed by atoms with Gasteiger partial charge in [0.2, 0.25) is 0 Å². The number of rotatable bonds is 3. The third kappa shape index (κ3) is 4.09. The van der Waals surface area contributed by atoms with E-state index in [2.05, 4.69) is 62.5 Å². The van der Waals surface area contributed by atoms with Crippen molar-refractivity contribution in [2.45, 2.75) is 39.3 Å². The molecule has 1 rings (SSSR count). The van der Waals surface area contributed by atoms with Crippen molar-refractivity contribution in [3.05, 3.63) is 22.0 Å². The second-order valence-electron chi connectivity index (χ2n) is 6.15. The van der Waals surface area contributed by atoms with E-state index < -0.39 is 16.1 Å². The Morgan fingerprint density at radius 1 is 1.07 bits per heavy atom. The summed E-state index contributed by atoms with van der Waals surface area (Å²) in [6.45, 7) is 14.4. The third-order valence-corrected chi connectivity index (χ3v) is 6.52. The standard InChI is InChI=1S/C12H22SSi2/c1-14(2,3)10-8-11-12(7-9-13-11)15(4,5)6/h7-10H,1-6H3. The van der Waals surface area contributed by atoms with Crippen LogP contribution in [-0.2, 0) is 0 Å². The van der Waals surface area contributed by atoms with Gasteiger partial charge < -0.3 is 0 Å². The quantitative estimate of drug-likeness (QED) is 0.710. The minimum atomic E-state index is -1.15. The van der Waals surface area contributed by atoms with E-state index in [-0.39, 0.29) is 0 Å². The van der Waals surface area contributed by atoms with Crippen molar-refractivity contribution in [1.29, 1.82) is 0 Å². The summed E-state index contributed by atoms with van der Waals surface area (Å²) in [6.07, 6.45) is 2.37. The van der Waals surface area contributed by atoms with Crippen LogP contribution in [0.3, 0.4) is 0 Å². The molecule has 3 heteroatoms.